The molecule has 0 aliphatic heterocycles. The van der Waals surface area contributed by atoms with Crippen LogP contribution in [0.4, 0.5) is 5.69 Å². The number of aromatic amines is 2. The Morgan fingerprint density at radius 1 is 1.14 bits per heavy atom. The van der Waals surface area contributed by atoms with E-state index < -0.39 is 0 Å². The number of methoxy groups -OCH3 is 1. The van der Waals surface area contributed by atoms with Crippen LogP contribution in [-0.4, -0.2) is 17.1 Å². The van der Waals surface area contributed by atoms with Crippen LogP contribution in [0.15, 0.2) is 45.7 Å². The number of aromatic nitrogens is 2. The fourth-order valence-corrected chi connectivity index (χ4v) is 2.75. The predicted molar refractivity (Wildman–Crippen MR) is 86.9 cm³/mol. The van der Waals surface area contributed by atoms with Crippen molar-refractivity contribution in [2.24, 2.45) is 0 Å². The molecule has 3 rings (SSSR count). The van der Waals surface area contributed by atoms with Crippen LogP contribution in [0.5, 0.6) is 5.75 Å². The van der Waals surface area contributed by atoms with Crippen molar-refractivity contribution in [2.75, 3.05) is 12.4 Å². The maximum atomic E-state index is 11.2. The van der Waals surface area contributed by atoms with Gasteiger partial charge in [0.25, 0.3) is 0 Å². The number of hydrogen-bond donors (Lipinski definition) is 3. The lowest BCUT2D eigenvalue weighted by Crippen LogP contribution is -2.00. The summed E-state index contributed by atoms with van der Waals surface area (Å²) in [4.78, 5) is 16.7. The topological polar surface area (TPSA) is 69.9 Å². The minimum Gasteiger partial charge on any atom is -0.496 e. The maximum Gasteiger partial charge on any atom is 0.323 e. The Morgan fingerprint density at radius 2 is 1.95 bits per heavy atom. The fraction of sp³-hybridized carbons (Fsp3) is 0.133. The van der Waals surface area contributed by atoms with Crippen LogP contribution in [0.25, 0.3) is 11.0 Å². The number of ether oxygens (including phenoxy) is 1. The van der Waals surface area contributed by atoms with E-state index in [0.717, 1.165) is 32.5 Å². The third-order valence-corrected chi connectivity index (χ3v) is 3.85. The summed E-state index contributed by atoms with van der Waals surface area (Å²) in [5, 5.41) is 3.33. The van der Waals surface area contributed by atoms with Gasteiger partial charge in [0.1, 0.15) is 5.75 Å². The SMILES string of the molecule is COc1ccc(CNc2ccc3[nH]c(=O)[nH]c3c2)cc1Br. The van der Waals surface area contributed by atoms with Gasteiger partial charge in [0.15, 0.2) is 0 Å². The molecule has 0 aliphatic rings. The maximum absolute atomic E-state index is 11.2. The molecular weight excluding hydrogens is 334 g/mol. The molecular formula is C15H14BrN3O2. The fourth-order valence-electron chi connectivity index (χ4n) is 2.17. The van der Waals surface area contributed by atoms with Crippen LogP contribution in [0.2, 0.25) is 0 Å². The van der Waals surface area contributed by atoms with E-state index >= 15 is 0 Å². The van der Waals surface area contributed by atoms with Crippen molar-refractivity contribution in [2.45, 2.75) is 6.54 Å². The highest BCUT2D eigenvalue weighted by Gasteiger charge is 2.03. The van der Waals surface area contributed by atoms with Gasteiger partial charge in [-0.1, -0.05) is 6.07 Å². The van der Waals surface area contributed by atoms with Gasteiger partial charge in [0.05, 0.1) is 22.6 Å². The van der Waals surface area contributed by atoms with Gasteiger partial charge in [-0.25, -0.2) is 4.79 Å². The number of halogens is 1. The van der Waals surface area contributed by atoms with Crippen molar-refractivity contribution in [1.29, 1.82) is 0 Å². The molecule has 0 spiro atoms. The Morgan fingerprint density at radius 3 is 2.71 bits per heavy atom. The second-order valence-electron chi connectivity index (χ2n) is 4.66. The van der Waals surface area contributed by atoms with E-state index in [2.05, 4.69) is 31.2 Å². The first kappa shape index (κ1) is 13.8. The Hall–Kier alpha value is -2.21. The highest BCUT2D eigenvalue weighted by Crippen LogP contribution is 2.26. The van der Waals surface area contributed by atoms with Crippen LogP contribution < -0.4 is 15.7 Å². The average Bonchev–Trinajstić information content (AvgIpc) is 2.84. The number of rotatable bonds is 4. The smallest absolute Gasteiger partial charge is 0.323 e. The molecule has 3 N–H and O–H groups in total. The Bertz CT molecular complexity index is 838. The molecule has 0 saturated carbocycles. The standard InChI is InChI=1S/C15H14BrN3O2/c1-21-14-5-2-9(6-11(14)16)8-17-10-3-4-12-13(7-10)19-15(20)18-12/h2-7,17H,8H2,1H3,(H2,18,19,20). The van der Waals surface area contributed by atoms with E-state index in [9.17, 15) is 4.79 Å². The van der Waals surface area contributed by atoms with Gasteiger partial charge in [0, 0.05) is 12.2 Å². The molecule has 0 atom stereocenters. The summed E-state index contributed by atoms with van der Waals surface area (Å²) < 4.78 is 6.13. The monoisotopic (exact) mass is 347 g/mol. The Balaban J connectivity index is 1.76. The first-order valence-corrected chi connectivity index (χ1v) is 7.23. The van der Waals surface area contributed by atoms with Gasteiger partial charge in [-0.3, -0.25) is 0 Å². The molecule has 0 amide bonds. The van der Waals surface area contributed by atoms with Gasteiger partial charge >= 0.3 is 5.69 Å². The summed E-state index contributed by atoms with van der Waals surface area (Å²) in [6.45, 7) is 0.683. The van der Waals surface area contributed by atoms with Gasteiger partial charge < -0.3 is 20.0 Å². The molecule has 0 aliphatic carbocycles. The number of H-pyrrole nitrogens is 2. The molecule has 108 valence electrons. The Kier molecular flexibility index (Phi) is 3.70. The zero-order valence-electron chi connectivity index (χ0n) is 11.4. The second-order valence-corrected chi connectivity index (χ2v) is 5.52. The third-order valence-electron chi connectivity index (χ3n) is 3.23. The van der Waals surface area contributed by atoms with Crippen molar-refractivity contribution < 1.29 is 4.74 Å². The molecule has 0 saturated heterocycles. The lowest BCUT2D eigenvalue weighted by Gasteiger charge is -2.09. The summed E-state index contributed by atoms with van der Waals surface area (Å²) in [5.74, 6) is 0.810. The van der Waals surface area contributed by atoms with Crippen LogP contribution in [0.3, 0.4) is 0 Å². The lowest BCUT2D eigenvalue weighted by atomic mass is 10.2. The first-order chi connectivity index (χ1) is 10.2. The van der Waals surface area contributed by atoms with E-state index in [4.69, 9.17) is 4.74 Å². The molecule has 6 heteroatoms. The molecule has 1 aromatic heterocycles. The molecule has 1 heterocycles. The second kappa shape index (κ2) is 5.65. The molecule has 0 bridgehead atoms. The average molecular weight is 348 g/mol. The molecule has 21 heavy (non-hydrogen) atoms. The molecule has 3 aromatic rings. The number of imidazole rings is 1. The first-order valence-electron chi connectivity index (χ1n) is 6.44. The summed E-state index contributed by atoms with van der Waals surface area (Å²) >= 11 is 3.47. The van der Waals surface area contributed by atoms with Gasteiger partial charge in [0.2, 0.25) is 0 Å². The lowest BCUT2D eigenvalue weighted by molar-refractivity contribution is 0.412. The molecule has 0 unspecified atom stereocenters. The predicted octanol–water partition coefficient (Wildman–Crippen LogP) is 3.24. The number of fused-ring (bicyclic) bond motifs is 1. The molecule has 0 radical (unpaired) electrons. The van der Waals surface area contributed by atoms with E-state index in [1.807, 2.05) is 36.4 Å². The summed E-state index contributed by atoms with van der Waals surface area (Å²) in [6.07, 6.45) is 0. The summed E-state index contributed by atoms with van der Waals surface area (Å²) in [5.41, 5.74) is 3.48. The van der Waals surface area contributed by atoms with Gasteiger partial charge in [-0.2, -0.15) is 0 Å². The van der Waals surface area contributed by atoms with Crippen LogP contribution >= 0.6 is 15.9 Å². The van der Waals surface area contributed by atoms with Gasteiger partial charge in [-0.05, 0) is 51.8 Å². The van der Waals surface area contributed by atoms with E-state index in [0.29, 0.717) is 6.54 Å². The minimum atomic E-state index is -0.193. The number of benzene rings is 2. The minimum absolute atomic E-state index is 0.193. The molecule has 5 nitrogen and oxygen atoms in total. The third kappa shape index (κ3) is 2.95. The molecule has 0 fully saturated rings. The Labute approximate surface area is 129 Å². The summed E-state index contributed by atoms with van der Waals surface area (Å²) in [7, 11) is 1.64. The van der Waals surface area contributed by atoms with Crippen molar-refractivity contribution in [1.82, 2.24) is 9.97 Å². The zero-order valence-corrected chi connectivity index (χ0v) is 13.0. The summed E-state index contributed by atoms with van der Waals surface area (Å²) in [6, 6.07) is 11.7. The van der Waals surface area contributed by atoms with Crippen molar-refractivity contribution in [3.8, 4) is 5.75 Å². The van der Waals surface area contributed by atoms with Crippen molar-refractivity contribution in [3.05, 3.63) is 56.9 Å². The zero-order chi connectivity index (χ0) is 14.8. The quantitative estimate of drug-likeness (QED) is 0.678. The molecule has 2 aromatic carbocycles. The van der Waals surface area contributed by atoms with Crippen molar-refractivity contribution >= 4 is 32.7 Å². The van der Waals surface area contributed by atoms with Crippen molar-refractivity contribution in [3.63, 3.8) is 0 Å². The highest BCUT2D eigenvalue weighted by molar-refractivity contribution is 9.10. The van der Waals surface area contributed by atoms with Crippen LogP contribution in [0.1, 0.15) is 5.56 Å². The van der Waals surface area contributed by atoms with Crippen LogP contribution in [-0.2, 0) is 6.54 Å². The van der Waals surface area contributed by atoms with Crippen LogP contribution in [0, 0.1) is 0 Å². The number of hydrogen-bond acceptors (Lipinski definition) is 3. The normalized spacial score (nSPS) is 10.8. The largest absolute Gasteiger partial charge is 0.496 e. The van der Waals surface area contributed by atoms with E-state index in [-0.39, 0.29) is 5.69 Å². The van der Waals surface area contributed by atoms with Gasteiger partial charge in [-0.15, -0.1) is 0 Å². The van der Waals surface area contributed by atoms with E-state index in [1.165, 1.54) is 0 Å². The number of anilines is 1. The number of nitrogens with one attached hydrogen (secondary N) is 3. The van der Waals surface area contributed by atoms with E-state index in [1.54, 1.807) is 7.11 Å². The highest BCUT2D eigenvalue weighted by atomic mass is 79.9.